The molecule has 0 amide bonds. The maximum Gasteiger partial charge on any atom is 0.329 e. The largest absolute Gasteiger partial charge is 0.466 e. The molecule has 0 N–H and O–H groups in total. The molecule has 0 aliphatic rings. The first kappa shape index (κ1) is 21.0. The predicted octanol–water partition coefficient (Wildman–Crippen LogP) is 4.19. The monoisotopic (exact) mass is 246 g/mol. The number of allylic oxidation sites excluding steroid dienone is 2. The Bertz CT molecular complexity index is 269. The van der Waals surface area contributed by atoms with Crippen molar-refractivity contribution in [1.82, 2.24) is 0 Å². The van der Waals surface area contributed by atoms with E-state index in [9.17, 15) is 4.79 Å². The molecule has 0 aliphatic heterocycles. The van der Waals surface area contributed by atoms with Gasteiger partial charge in [-0.25, -0.2) is 4.79 Å². The fourth-order valence-corrected chi connectivity index (χ4v) is 0.468. The Kier molecular flexibility index (Phi) is 28.1. The number of hydrogen-bond donors (Lipinski definition) is 0. The van der Waals surface area contributed by atoms with Crippen LogP contribution < -0.4 is 0 Å². The van der Waals surface area contributed by atoms with Gasteiger partial charge in [-0.3, -0.25) is 0 Å². The van der Waals surface area contributed by atoms with Crippen LogP contribution in [0.3, 0.4) is 0 Å². The SMILES string of the molecule is C=C.C=CC(=O)OC.C=CC=C.c1ccccc1. The van der Waals surface area contributed by atoms with Crippen LogP contribution in [0.25, 0.3) is 0 Å². The zero-order chi connectivity index (χ0) is 14.6. The van der Waals surface area contributed by atoms with Gasteiger partial charge in [0.2, 0.25) is 0 Å². The van der Waals surface area contributed by atoms with Crippen molar-refractivity contribution < 1.29 is 9.53 Å². The van der Waals surface area contributed by atoms with Crippen molar-refractivity contribution >= 4 is 5.97 Å². The van der Waals surface area contributed by atoms with Gasteiger partial charge in [-0.2, -0.15) is 0 Å². The zero-order valence-corrected chi connectivity index (χ0v) is 11.0. The molecule has 1 aromatic rings. The zero-order valence-electron chi connectivity index (χ0n) is 11.0. The molecule has 0 heterocycles. The van der Waals surface area contributed by atoms with Gasteiger partial charge in [0.05, 0.1) is 7.11 Å². The second-order valence-corrected chi connectivity index (χ2v) is 2.35. The van der Waals surface area contributed by atoms with Crippen LogP contribution in [0.15, 0.2) is 87.5 Å². The van der Waals surface area contributed by atoms with Crippen molar-refractivity contribution in [2.45, 2.75) is 0 Å². The maximum atomic E-state index is 9.84. The summed E-state index contributed by atoms with van der Waals surface area (Å²) in [5.41, 5.74) is 0. The molecule has 0 saturated carbocycles. The molecule has 98 valence electrons. The molecule has 0 bridgehead atoms. The summed E-state index contributed by atoms with van der Waals surface area (Å²) in [5, 5.41) is 0. The number of ether oxygens (including phenoxy) is 1. The standard InChI is InChI=1S/C6H6.C4H6O2.C4H6.C2H4/c1-2-4-6-5-3-1;1-3-4(5)6-2;1-3-4-2;1-2/h1-6H;3H,1H2,2H3;3-4H,1-2H2;1-2H2. The number of hydrogen-bond acceptors (Lipinski definition) is 2. The van der Waals surface area contributed by atoms with Gasteiger partial charge in [-0.05, 0) is 0 Å². The van der Waals surface area contributed by atoms with Gasteiger partial charge >= 0.3 is 5.97 Å². The quantitative estimate of drug-likeness (QED) is 0.338. The molecule has 0 saturated heterocycles. The Hall–Kier alpha value is -2.35. The molecule has 2 heteroatoms. The molecule has 0 unspecified atom stereocenters. The van der Waals surface area contributed by atoms with E-state index in [-0.39, 0.29) is 0 Å². The number of carbonyl (C=O) groups is 1. The highest BCUT2D eigenvalue weighted by Gasteiger charge is 1.81. The highest BCUT2D eigenvalue weighted by molar-refractivity contribution is 5.80. The maximum absolute atomic E-state index is 9.84. The first-order chi connectivity index (χ1) is 8.72. The fraction of sp³-hybridized carbons (Fsp3) is 0.0625. The average Bonchev–Trinajstić information content (AvgIpc) is 2.51. The Morgan fingerprint density at radius 1 is 0.889 bits per heavy atom. The average molecular weight is 246 g/mol. The first-order valence-corrected chi connectivity index (χ1v) is 5.16. The van der Waals surface area contributed by atoms with Gasteiger partial charge in [0.15, 0.2) is 0 Å². The topological polar surface area (TPSA) is 26.3 Å². The molecule has 0 fully saturated rings. The Morgan fingerprint density at radius 3 is 1.22 bits per heavy atom. The summed E-state index contributed by atoms with van der Waals surface area (Å²) in [6.07, 6.45) is 4.39. The number of rotatable bonds is 2. The lowest BCUT2D eigenvalue weighted by Crippen LogP contribution is -1.91. The summed E-state index contributed by atoms with van der Waals surface area (Å²) >= 11 is 0. The molecule has 2 nitrogen and oxygen atoms in total. The summed E-state index contributed by atoms with van der Waals surface area (Å²) in [6.45, 7) is 15.9. The van der Waals surface area contributed by atoms with E-state index in [1.165, 1.54) is 7.11 Å². The number of carbonyl (C=O) groups excluding carboxylic acids is 1. The van der Waals surface area contributed by atoms with E-state index in [1.54, 1.807) is 12.2 Å². The summed E-state index contributed by atoms with van der Waals surface area (Å²) in [7, 11) is 1.31. The highest BCUT2D eigenvalue weighted by atomic mass is 16.5. The third-order valence-electron chi connectivity index (χ3n) is 1.20. The van der Waals surface area contributed by atoms with Crippen molar-refractivity contribution in [3.63, 3.8) is 0 Å². The minimum absolute atomic E-state index is 0.394. The molecule has 0 atom stereocenters. The second-order valence-electron chi connectivity index (χ2n) is 2.35. The summed E-state index contributed by atoms with van der Waals surface area (Å²) in [4.78, 5) is 9.84. The lowest BCUT2D eigenvalue weighted by atomic mass is 10.4. The van der Waals surface area contributed by atoms with Crippen molar-refractivity contribution in [2.24, 2.45) is 0 Å². The molecular formula is C16H22O2. The fourth-order valence-electron chi connectivity index (χ4n) is 0.468. The summed E-state index contributed by atoms with van der Waals surface area (Å²) < 4.78 is 4.14. The molecule has 0 aliphatic carbocycles. The van der Waals surface area contributed by atoms with Crippen LogP contribution in [-0.4, -0.2) is 13.1 Å². The Balaban J connectivity index is -0.000000179. The molecule has 0 spiro atoms. The lowest BCUT2D eigenvalue weighted by Gasteiger charge is -1.83. The van der Waals surface area contributed by atoms with Crippen LogP contribution in [0.4, 0.5) is 0 Å². The minimum Gasteiger partial charge on any atom is -0.466 e. The van der Waals surface area contributed by atoms with Gasteiger partial charge in [-0.1, -0.05) is 68.3 Å². The first-order valence-electron chi connectivity index (χ1n) is 5.16. The molecule has 0 radical (unpaired) electrons. The van der Waals surface area contributed by atoms with Crippen LogP contribution in [0.1, 0.15) is 0 Å². The van der Waals surface area contributed by atoms with Gasteiger partial charge in [-0.15, -0.1) is 13.2 Å². The minimum atomic E-state index is -0.394. The molecule has 0 aromatic heterocycles. The molecule has 1 aromatic carbocycles. The van der Waals surface area contributed by atoms with Crippen molar-refractivity contribution in [1.29, 1.82) is 0 Å². The Morgan fingerprint density at radius 2 is 1.17 bits per heavy atom. The van der Waals surface area contributed by atoms with Crippen molar-refractivity contribution in [3.8, 4) is 0 Å². The normalized spacial score (nSPS) is 6.28. The van der Waals surface area contributed by atoms with E-state index in [0.29, 0.717) is 0 Å². The third-order valence-corrected chi connectivity index (χ3v) is 1.20. The third kappa shape index (κ3) is 29.2. The lowest BCUT2D eigenvalue weighted by molar-refractivity contribution is -0.134. The van der Waals surface area contributed by atoms with Crippen LogP contribution in [0.2, 0.25) is 0 Å². The van der Waals surface area contributed by atoms with Gasteiger partial charge in [0, 0.05) is 6.08 Å². The van der Waals surface area contributed by atoms with E-state index in [4.69, 9.17) is 0 Å². The smallest absolute Gasteiger partial charge is 0.329 e. The summed E-state index contributed by atoms with van der Waals surface area (Å²) in [5.74, 6) is -0.394. The van der Waals surface area contributed by atoms with E-state index < -0.39 is 5.97 Å². The summed E-state index contributed by atoms with van der Waals surface area (Å²) in [6, 6.07) is 12.0. The van der Waals surface area contributed by atoms with E-state index in [2.05, 4.69) is 37.6 Å². The van der Waals surface area contributed by atoms with E-state index in [0.717, 1.165) is 6.08 Å². The predicted molar refractivity (Wildman–Crippen MR) is 80.3 cm³/mol. The van der Waals surface area contributed by atoms with E-state index >= 15 is 0 Å². The second kappa shape index (κ2) is 24.1. The number of methoxy groups -OCH3 is 1. The van der Waals surface area contributed by atoms with Gasteiger partial charge < -0.3 is 4.74 Å². The number of benzene rings is 1. The van der Waals surface area contributed by atoms with Crippen LogP contribution >= 0.6 is 0 Å². The van der Waals surface area contributed by atoms with Crippen LogP contribution in [-0.2, 0) is 9.53 Å². The van der Waals surface area contributed by atoms with E-state index in [1.807, 2.05) is 36.4 Å². The molecule has 1 rings (SSSR count). The Labute approximate surface area is 111 Å². The highest BCUT2D eigenvalue weighted by Crippen LogP contribution is 1.79. The van der Waals surface area contributed by atoms with Crippen LogP contribution in [0, 0.1) is 0 Å². The van der Waals surface area contributed by atoms with Crippen molar-refractivity contribution in [3.05, 3.63) is 87.5 Å². The van der Waals surface area contributed by atoms with Gasteiger partial charge in [0.1, 0.15) is 0 Å². The number of esters is 1. The van der Waals surface area contributed by atoms with Crippen LogP contribution in [0.5, 0.6) is 0 Å². The molecule has 18 heavy (non-hydrogen) atoms. The molecular weight excluding hydrogens is 224 g/mol. The van der Waals surface area contributed by atoms with Crippen molar-refractivity contribution in [2.75, 3.05) is 7.11 Å². The van der Waals surface area contributed by atoms with Gasteiger partial charge in [0.25, 0.3) is 0 Å².